The summed E-state index contributed by atoms with van der Waals surface area (Å²) in [5.41, 5.74) is 5.22. The van der Waals surface area contributed by atoms with E-state index in [0.29, 0.717) is 5.75 Å². The van der Waals surface area contributed by atoms with Crippen molar-refractivity contribution in [3.63, 3.8) is 0 Å². The maximum Gasteiger partial charge on any atom is 0.320 e. The van der Waals surface area contributed by atoms with Gasteiger partial charge in [0, 0.05) is 0 Å². The molecule has 0 spiro atoms. The molecule has 4 heteroatoms. The molecule has 0 aromatic rings. The molecule has 0 bridgehead atoms. The van der Waals surface area contributed by atoms with Crippen LogP contribution in [0.15, 0.2) is 0 Å². The summed E-state index contributed by atoms with van der Waals surface area (Å²) in [5.74, 6) is -0.518. The van der Waals surface area contributed by atoms with E-state index in [1.165, 1.54) is 0 Å². The molecule has 0 aliphatic heterocycles. The van der Waals surface area contributed by atoms with Crippen LogP contribution in [0.4, 0.5) is 0 Å². The minimum absolute atomic E-state index is 0.0640. The van der Waals surface area contributed by atoms with Gasteiger partial charge in [-0.05, 0) is 11.7 Å². The smallest absolute Gasteiger partial charge is 0.320 e. The first-order valence-corrected chi connectivity index (χ1v) is 3.32. The lowest BCUT2D eigenvalue weighted by Crippen LogP contribution is -2.37. The monoisotopic (exact) mass is 149 g/mol. The van der Waals surface area contributed by atoms with Gasteiger partial charge in [0.05, 0.1) is 0 Å². The minimum atomic E-state index is -0.962. The highest BCUT2D eigenvalue weighted by Gasteiger charge is 2.17. The van der Waals surface area contributed by atoms with Gasteiger partial charge in [0.2, 0.25) is 0 Å². The van der Waals surface area contributed by atoms with Crippen LogP contribution < -0.4 is 5.73 Å². The van der Waals surface area contributed by atoms with Crippen LogP contribution >= 0.6 is 12.6 Å². The first kappa shape index (κ1) is 8.78. The fourth-order valence-corrected chi connectivity index (χ4v) is 0.584. The van der Waals surface area contributed by atoms with Gasteiger partial charge in [0.15, 0.2) is 0 Å². The van der Waals surface area contributed by atoms with Crippen LogP contribution in [0, 0.1) is 5.92 Å². The van der Waals surface area contributed by atoms with E-state index in [-0.39, 0.29) is 5.92 Å². The van der Waals surface area contributed by atoms with E-state index in [2.05, 4.69) is 12.6 Å². The van der Waals surface area contributed by atoms with Crippen LogP contribution in [0.25, 0.3) is 0 Å². The molecule has 0 aliphatic carbocycles. The molecule has 3 nitrogen and oxygen atoms in total. The fourth-order valence-electron chi connectivity index (χ4n) is 0.357. The Morgan fingerprint density at radius 2 is 2.33 bits per heavy atom. The van der Waals surface area contributed by atoms with Gasteiger partial charge in [-0.1, -0.05) is 6.92 Å². The Morgan fingerprint density at radius 1 is 1.89 bits per heavy atom. The molecular weight excluding hydrogens is 138 g/mol. The second-order valence-corrected chi connectivity index (χ2v) is 2.39. The van der Waals surface area contributed by atoms with Crippen molar-refractivity contribution in [3.8, 4) is 0 Å². The van der Waals surface area contributed by atoms with E-state index < -0.39 is 12.0 Å². The predicted molar refractivity (Wildman–Crippen MR) is 38.6 cm³/mol. The van der Waals surface area contributed by atoms with Gasteiger partial charge in [-0.15, -0.1) is 0 Å². The molecule has 2 atom stereocenters. The number of nitrogens with two attached hydrogens (primary N) is 1. The number of thiol groups is 1. The van der Waals surface area contributed by atoms with Crippen molar-refractivity contribution in [2.75, 3.05) is 5.75 Å². The number of aliphatic carboxylic acids is 1. The average molecular weight is 149 g/mol. The molecule has 0 saturated carbocycles. The molecule has 0 amide bonds. The molecule has 0 aromatic heterocycles. The van der Waals surface area contributed by atoms with Crippen molar-refractivity contribution in [1.29, 1.82) is 0 Å². The van der Waals surface area contributed by atoms with E-state index in [1.807, 2.05) is 0 Å². The Kier molecular flexibility index (Phi) is 3.65. The number of carboxylic acid groups (broad SMARTS) is 1. The fraction of sp³-hybridized carbons (Fsp3) is 0.800. The number of rotatable bonds is 3. The van der Waals surface area contributed by atoms with E-state index in [4.69, 9.17) is 10.8 Å². The second kappa shape index (κ2) is 3.74. The zero-order valence-corrected chi connectivity index (χ0v) is 6.14. The Hall–Kier alpha value is -0.220. The third-order valence-electron chi connectivity index (χ3n) is 1.19. The molecule has 1 unspecified atom stereocenters. The Bertz CT molecular complexity index is 107. The van der Waals surface area contributed by atoms with Crippen molar-refractivity contribution >= 4 is 18.6 Å². The summed E-state index contributed by atoms with van der Waals surface area (Å²) in [6, 6.07) is -0.775. The highest BCUT2D eigenvalue weighted by molar-refractivity contribution is 7.80. The minimum Gasteiger partial charge on any atom is -0.480 e. The van der Waals surface area contributed by atoms with Gasteiger partial charge in [-0.3, -0.25) is 4.79 Å². The second-order valence-electron chi connectivity index (χ2n) is 2.02. The highest BCUT2D eigenvalue weighted by Crippen LogP contribution is 2.01. The van der Waals surface area contributed by atoms with Gasteiger partial charge in [-0.25, -0.2) is 0 Å². The summed E-state index contributed by atoms with van der Waals surface area (Å²) in [4.78, 5) is 10.1. The molecule has 0 rings (SSSR count). The summed E-state index contributed by atoms with van der Waals surface area (Å²) in [5, 5.41) is 8.32. The van der Waals surface area contributed by atoms with Gasteiger partial charge >= 0.3 is 5.97 Å². The number of carboxylic acids is 1. The van der Waals surface area contributed by atoms with E-state index in [0.717, 1.165) is 0 Å². The SMILES string of the molecule is CC(CS)[C@H](N)C(=O)O. The molecule has 3 N–H and O–H groups in total. The first-order valence-electron chi connectivity index (χ1n) is 2.68. The first-order chi connectivity index (χ1) is 4.09. The lowest BCUT2D eigenvalue weighted by Gasteiger charge is -2.11. The quantitative estimate of drug-likeness (QED) is 0.493. The van der Waals surface area contributed by atoms with Crippen molar-refractivity contribution in [2.45, 2.75) is 13.0 Å². The van der Waals surface area contributed by atoms with Gasteiger partial charge in [0.1, 0.15) is 6.04 Å². The molecule has 0 saturated heterocycles. The summed E-state index contributed by atoms with van der Waals surface area (Å²) in [7, 11) is 0. The van der Waals surface area contributed by atoms with Gasteiger partial charge in [-0.2, -0.15) is 12.6 Å². The van der Waals surface area contributed by atoms with Crippen molar-refractivity contribution in [1.82, 2.24) is 0 Å². The average Bonchev–Trinajstić information content (AvgIpc) is 1.84. The van der Waals surface area contributed by atoms with E-state index in [1.54, 1.807) is 6.92 Å². The summed E-state index contributed by atoms with van der Waals surface area (Å²) < 4.78 is 0. The lowest BCUT2D eigenvalue weighted by molar-refractivity contribution is -0.139. The van der Waals surface area contributed by atoms with Crippen LogP contribution in [0.3, 0.4) is 0 Å². The molecule has 0 heterocycles. The molecule has 0 aromatic carbocycles. The van der Waals surface area contributed by atoms with Crippen LogP contribution in [0.1, 0.15) is 6.92 Å². The maximum atomic E-state index is 10.1. The van der Waals surface area contributed by atoms with Crippen LogP contribution in [-0.2, 0) is 4.79 Å². The molecular formula is C5H11NO2S. The zero-order chi connectivity index (χ0) is 7.44. The van der Waals surface area contributed by atoms with E-state index in [9.17, 15) is 4.79 Å². The molecule has 9 heavy (non-hydrogen) atoms. The van der Waals surface area contributed by atoms with Gasteiger partial charge in [0.25, 0.3) is 0 Å². The largest absolute Gasteiger partial charge is 0.480 e. The Labute approximate surface area is 59.6 Å². The third-order valence-corrected chi connectivity index (χ3v) is 1.76. The van der Waals surface area contributed by atoms with Crippen LogP contribution in [0.5, 0.6) is 0 Å². The maximum absolute atomic E-state index is 10.1. The van der Waals surface area contributed by atoms with Crippen molar-refractivity contribution in [3.05, 3.63) is 0 Å². The van der Waals surface area contributed by atoms with Crippen molar-refractivity contribution < 1.29 is 9.90 Å². The molecule has 0 radical (unpaired) electrons. The summed E-state index contributed by atoms with van der Waals surface area (Å²) in [6.45, 7) is 1.76. The zero-order valence-electron chi connectivity index (χ0n) is 5.24. The molecule has 0 fully saturated rings. The Morgan fingerprint density at radius 3 is 2.44 bits per heavy atom. The van der Waals surface area contributed by atoms with Crippen LogP contribution in [0.2, 0.25) is 0 Å². The Balaban J connectivity index is 3.72. The summed E-state index contributed by atoms with van der Waals surface area (Å²) >= 11 is 3.91. The topological polar surface area (TPSA) is 63.3 Å². The standard InChI is InChI=1S/C5H11NO2S/c1-3(2-9)4(6)5(7)8/h3-4,9H,2,6H2,1H3,(H,7,8)/t3?,4-/m0/s1. The number of carbonyl (C=O) groups is 1. The van der Waals surface area contributed by atoms with Gasteiger partial charge < -0.3 is 10.8 Å². The molecule has 54 valence electrons. The molecule has 0 aliphatic rings. The third kappa shape index (κ3) is 2.72. The normalized spacial score (nSPS) is 16.8. The lowest BCUT2D eigenvalue weighted by atomic mass is 10.1. The number of hydrogen-bond donors (Lipinski definition) is 3. The number of hydrogen-bond acceptors (Lipinski definition) is 3. The van der Waals surface area contributed by atoms with E-state index >= 15 is 0 Å². The highest BCUT2D eigenvalue weighted by atomic mass is 32.1. The van der Waals surface area contributed by atoms with Crippen molar-refractivity contribution in [2.24, 2.45) is 11.7 Å². The predicted octanol–water partition coefficient (Wildman–Crippen LogP) is -0.0358. The van der Waals surface area contributed by atoms with Crippen LogP contribution in [-0.4, -0.2) is 22.9 Å². The summed E-state index contributed by atoms with van der Waals surface area (Å²) in [6.07, 6.45) is 0.